The van der Waals surface area contributed by atoms with E-state index in [1.165, 1.54) is 7.11 Å². The van der Waals surface area contributed by atoms with Crippen LogP contribution in [-0.2, 0) is 32.5 Å². The lowest BCUT2D eigenvalue weighted by molar-refractivity contribution is -0.139. The van der Waals surface area contributed by atoms with Crippen LogP contribution in [0, 0.1) is 19.8 Å². The topological polar surface area (TPSA) is 92.8 Å². The van der Waals surface area contributed by atoms with Gasteiger partial charge in [-0.25, -0.2) is 13.2 Å². The molecule has 7 nitrogen and oxygen atoms in total. The number of amides is 1. The van der Waals surface area contributed by atoms with E-state index in [0.29, 0.717) is 30.8 Å². The molecule has 1 amide bonds. The minimum atomic E-state index is -4.01. The molecule has 0 bridgehead atoms. The van der Waals surface area contributed by atoms with Crippen LogP contribution in [0.5, 0.6) is 0 Å². The van der Waals surface area contributed by atoms with E-state index in [0.717, 1.165) is 46.6 Å². The highest BCUT2D eigenvalue weighted by atomic mass is 32.2. The van der Waals surface area contributed by atoms with Crippen LogP contribution in [0.4, 0.5) is 5.69 Å². The number of ether oxygens (including phenoxy) is 1. The van der Waals surface area contributed by atoms with Crippen LogP contribution in [0.1, 0.15) is 51.2 Å². The van der Waals surface area contributed by atoms with E-state index in [2.05, 4.69) is 4.72 Å². The first kappa shape index (κ1) is 21.8. The molecular formula is C22H26N2O5S2. The number of carbonyl (C=O) groups is 2. The first-order valence-electron chi connectivity index (χ1n) is 10.3. The van der Waals surface area contributed by atoms with Gasteiger partial charge in [-0.2, -0.15) is 0 Å². The molecule has 1 aromatic carbocycles. The summed E-state index contributed by atoms with van der Waals surface area (Å²) in [4.78, 5) is 27.8. The van der Waals surface area contributed by atoms with Gasteiger partial charge >= 0.3 is 5.97 Å². The predicted octanol–water partition coefficient (Wildman–Crippen LogP) is 3.64. The molecule has 0 radical (unpaired) electrons. The van der Waals surface area contributed by atoms with Crippen LogP contribution >= 0.6 is 11.3 Å². The average molecular weight is 463 g/mol. The number of hydrogen-bond donors (Lipinski definition) is 1. The van der Waals surface area contributed by atoms with Crippen LogP contribution < -0.4 is 4.72 Å². The molecule has 0 unspecified atom stereocenters. The second-order valence-electron chi connectivity index (χ2n) is 8.28. The fourth-order valence-electron chi connectivity index (χ4n) is 4.21. The molecule has 1 fully saturated rings. The molecule has 166 valence electrons. The summed E-state index contributed by atoms with van der Waals surface area (Å²) in [6, 6.07) is 5.44. The molecule has 0 atom stereocenters. The van der Waals surface area contributed by atoms with Crippen molar-refractivity contribution in [2.75, 3.05) is 18.4 Å². The van der Waals surface area contributed by atoms with Gasteiger partial charge in [0.15, 0.2) is 4.21 Å². The third-order valence-corrected chi connectivity index (χ3v) is 9.01. The summed E-state index contributed by atoms with van der Waals surface area (Å²) in [6.45, 7) is 4.59. The van der Waals surface area contributed by atoms with Crippen molar-refractivity contribution in [2.45, 2.75) is 50.3 Å². The Morgan fingerprint density at radius 1 is 1.16 bits per heavy atom. The van der Waals surface area contributed by atoms with Crippen molar-refractivity contribution in [2.24, 2.45) is 5.92 Å². The van der Waals surface area contributed by atoms with Gasteiger partial charge in [-0.15, -0.1) is 11.3 Å². The predicted molar refractivity (Wildman–Crippen MR) is 119 cm³/mol. The molecule has 0 spiro atoms. The second kappa shape index (κ2) is 8.27. The highest BCUT2D eigenvalue weighted by Crippen LogP contribution is 2.39. The van der Waals surface area contributed by atoms with Gasteiger partial charge in [0, 0.05) is 23.0 Å². The average Bonchev–Trinajstić information content (AvgIpc) is 3.04. The summed E-state index contributed by atoms with van der Waals surface area (Å²) in [5.74, 6) is -0.462. The number of nitrogens with one attached hydrogen (secondary N) is 1. The van der Waals surface area contributed by atoms with E-state index in [-0.39, 0.29) is 21.6 Å². The van der Waals surface area contributed by atoms with Crippen molar-refractivity contribution in [3.8, 4) is 0 Å². The number of hydrogen-bond acceptors (Lipinski definition) is 6. The number of fused-ring (bicyclic) bond motifs is 1. The third-order valence-electron chi connectivity index (χ3n) is 5.90. The highest BCUT2D eigenvalue weighted by molar-refractivity contribution is 7.94. The number of methoxy groups -OCH3 is 1. The van der Waals surface area contributed by atoms with Crippen LogP contribution in [0.3, 0.4) is 0 Å². The van der Waals surface area contributed by atoms with E-state index >= 15 is 0 Å². The standard InChI is InChI=1S/C22H26N2O5S2/c1-13-9-14(2)11-16(10-13)23-31(27,28)22-19(21(26)29-3)17-7-8-24(12-18(17)30-22)20(25)15-5-4-6-15/h9-11,15,23H,4-8,12H2,1-3H3. The molecule has 4 rings (SSSR count). The zero-order chi connectivity index (χ0) is 22.3. The Labute approximate surface area is 186 Å². The molecule has 2 aliphatic rings. The largest absolute Gasteiger partial charge is 0.465 e. The van der Waals surface area contributed by atoms with Gasteiger partial charge < -0.3 is 9.64 Å². The maximum Gasteiger partial charge on any atom is 0.340 e. The van der Waals surface area contributed by atoms with Crippen LogP contribution in [0.15, 0.2) is 22.4 Å². The van der Waals surface area contributed by atoms with Crippen LogP contribution in [-0.4, -0.2) is 38.8 Å². The van der Waals surface area contributed by atoms with Gasteiger partial charge in [0.2, 0.25) is 5.91 Å². The second-order valence-corrected chi connectivity index (χ2v) is 11.3. The van der Waals surface area contributed by atoms with Crippen molar-refractivity contribution in [3.05, 3.63) is 45.3 Å². The van der Waals surface area contributed by atoms with Crippen molar-refractivity contribution >= 4 is 38.9 Å². The molecule has 9 heteroatoms. The van der Waals surface area contributed by atoms with Crippen LogP contribution in [0.2, 0.25) is 0 Å². The SMILES string of the molecule is COC(=O)c1c(S(=O)(=O)Nc2cc(C)cc(C)c2)sc2c1CCN(C(=O)C1CCC1)C2. The Balaban J connectivity index is 1.69. The maximum atomic E-state index is 13.3. The number of nitrogens with zero attached hydrogens (tertiary/aromatic N) is 1. The van der Waals surface area contributed by atoms with E-state index in [9.17, 15) is 18.0 Å². The first-order chi connectivity index (χ1) is 14.7. The van der Waals surface area contributed by atoms with Crippen molar-refractivity contribution in [1.29, 1.82) is 0 Å². The summed E-state index contributed by atoms with van der Waals surface area (Å²) < 4.78 is 34.0. The zero-order valence-electron chi connectivity index (χ0n) is 17.9. The van der Waals surface area contributed by atoms with Gasteiger partial charge in [-0.1, -0.05) is 12.5 Å². The molecule has 2 heterocycles. The number of esters is 1. The molecular weight excluding hydrogens is 436 g/mol. The summed E-state index contributed by atoms with van der Waals surface area (Å²) >= 11 is 1.05. The number of thiophene rings is 1. The highest BCUT2D eigenvalue weighted by Gasteiger charge is 2.37. The van der Waals surface area contributed by atoms with Gasteiger partial charge in [0.25, 0.3) is 10.0 Å². The lowest BCUT2D eigenvalue weighted by atomic mass is 9.84. The number of sulfonamides is 1. The van der Waals surface area contributed by atoms with Crippen molar-refractivity contribution in [1.82, 2.24) is 4.90 Å². The zero-order valence-corrected chi connectivity index (χ0v) is 19.5. The monoisotopic (exact) mass is 462 g/mol. The molecule has 1 N–H and O–H groups in total. The van der Waals surface area contributed by atoms with Crippen molar-refractivity contribution in [3.63, 3.8) is 0 Å². The molecule has 1 saturated carbocycles. The van der Waals surface area contributed by atoms with E-state index in [1.54, 1.807) is 17.0 Å². The smallest absolute Gasteiger partial charge is 0.340 e. The van der Waals surface area contributed by atoms with Gasteiger partial charge in [0.05, 0.1) is 19.2 Å². The Bertz CT molecular complexity index is 1130. The number of aryl methyl sites for hydroxylation is 2. The quantitative estimate of drug-likeness (QED) is 0.685. The lowest BCUT2D eigenvalue weighted by Crippen LogP contribution is -2.41. The van der Waals surface area contributed by atoms with Crippen molar-refractivity contribution < 1.29 is 22.7 Å². The first-order valence-corrected chi connectivity index (χ1v) is 12.6. The van der Waals surface area contributed by atoms with Gasteiger partial charge in [-0.05, 0) is 61.9 Å². The molecule has 1 aliphatic carbocycles. The summed E-state index contributed by atoms with van der Waals surface area (Å²) in [7, 11) is -2.76. The summed E-state index contributed by atoms with van der Waals surface area (Å²) in [6.07, 6.45) is 3.35. The Hall–Kier alpha value is -2.39. The molecule has 31 heavy (non-hydrogen) atoms. The van der Waals surface area contributed by atoms with Gasteiger partial charge in [-0.3, -0.25) is 9.52 Å². The fourth-order valence-corrected chi connectivity index (χ4v) is 7.15. The molecule has 0 saturated heterocycles. The normalized spacial score (nSPS) is 16.4. The minimum absolute atomic E-state index is 0.0542. The van der Waals surface area contributed by atoms with Gasteiger partial charge in [0.1, 0.15) is 0 Å². The Kier molecular flexibility index (Phi) is 5.83. The van der Waals surface area contributed by atoms with E-state index < -0.39 is 16.0 Å². The fraction of sp³-hybridized carbons (Fsp3) is 0.455. The number of benzene rings is 1. The Morgan fingerprint density at radius 3 is 2.42 bits per heavy atom. The van der Waals surface area contributed by atoms with E-state index in [1.807, 2.05) is 19.9 Å². The molecule has 1 aliphatic heterocycles. The third kappa shape index (κ3) is 4.21. The molecule has 2 aromatic rings. The van der Waals surface area contributed by atoms with Crippen LogP contribution in [0.25, 0.3) is 0 Å². The minimum Gasteiger partial charge on any atom is -0.465 e. The number of anilines is 1. The summed E-state index contributed by atoms with van der Waals surface area (Å²) in [5, 5.41) is 0. The van der Waals surface area contributed by atoms with E-state index in [4.69, 9.17) is 4.74 Å². The maximum absolute atomic E-state index is 13.3. The molecule has 1 aromatic heterocycles. The Morgan fingerprint density at radius 2 is 1.84 bits per heavy atom. The summed E-state index contributed by atoms with van der Waals surface area (Å²) in [5.41, 5.74) is 3.08. The lowest BCUT2D eigenvalue weighted by Gasteiger charge is -2.34. The number of carbonyl (C=O) groups excluding carboxylic acids is 2. The number of rotatable bonds is 5.